The van der Waals surface area contributed by atoms with Gasteiger partial charge in [0.1, 0.15) is 17.4 Å². The fourth-order valence-corrected chi connectivity index (χ4v) is 4.38. The number of aliphatic imine (C=N–C) groups is 1. The third-order valence-electron chi connectivity index (χ3n) is 6.25. The molecule has 1 heterocycles. The molecule has 3 aromatic rings. The summed E-state index contributed by atoms with van der Waals surface area (Å²) in [6, 6.07) is 19.8. The van der Waals surface area contributed by atoms with Crippen molar-refractivity contribution < 1.29 is 28.2 Å². The Morgan fingerprint density at radius 2 is 1.82 bits per heavy atom. The molecule has 0 fully saturated rings. The average molecular weight is 536 g/mol. The van der Waals surface area contributed by atoms with Gasteiger partial charge in [0, 0.05) is 37.6 Å². The van der Waals surface area contributed by atoms with Gasteiger partial charge in [0.2, 0.25) is 5.90 Å². The monoisotopic (exact) mass is 535 g/mol. The quantitative estimate of drug-likeness (QED) is 0.171. The summed E-state index contributed by atoms with van der Waals surface area (Å²) in [6.45, 7) is 4.53. The number of amides is 1. The standard InChI is InChI=1S/C30H31F2N3O4/c1-2-14-30(29(37)35-33-15-13-21-18-24(31)20-25(32)19-21)27(22-7-4-3-5-8-22)39-28(34-30)23-9-11-26(12-10-23)38-17-6-16-36/h2-5,7-12,18-20,27,33,36H,1,6,13-17H2,(H,35,37)/t27-,30-/m0/s1. The molecule has 3 N–H and O–H groups in total. The first-order valence-corrected chi connectivity index (χ1v) is 12.7. The first-order valence-electron chi connectivity index (χ1n) is 12.7. The molecule has 1 aliphatic heterocycles. The van der Waals surface area contributed by atoms with Crippen molar-refractivity contribution in [2.75, 3.05) is 19.8 Å². The minimum Gasteiger partial charge on any atom is -0.494 e. The van der Waals surface area contributed by atoms with Crippen LogP contribution in [0.15, 0.2) is 90.4 Å². The SMILES string of the molecule is C=CC[C@]1(C(=O)NNCCc2cc(F)cc(F)c2)N=C(c2ccc(OCCCO)cc2)O[C@H]1c1ccccc1. The van der Waals surface area contributed by atoms with Crippen molar-refractivity contribution in [3.8, 4) is 5.75 Å². The van der Waals surface area contributed by atoms with Crippen LogP contribution in [0.1, 0.15) is 35.6 Å². The van der Waals surface area contributed by atoms with Gasteiger partial charge in [-0.1, -0.05) is 36.4 Å². The van der Waals surface area contributed by atoms with E-state index in [4.69, 9.17) is 19.6 Å². The molecule has 4 rings (SSSR count). The normalized spacial score (nSPS) is 18.2. The number of hydrogen-bond donors (Lipinski definition) is 3. The minimum absolute atomic E-state index is 0.0509. The van der Waals surface area contributed by atoms with E-state index in [1.807, 2.05) is 30.3 Å². The number of hydrogen-bond acceptors (Lipinski definition) is 6. The molecule has 1 aliphatic rings. The summed E-state index contributed by atoms with van der Waals surface area (Å²) in [5, 5.41) is 8.94. The molecule has 0 unspecified atom stereocenters. The van der Waals surface area contributed by atoms with Gasteiger partial charge >= 0.3 is 0 Å². The second-order valence-electron chi connectivity index (χ2n) is 9.10. The summed E-state index contributed by atoms with van der Waals surface area (Å²) >= 11 is 0. The molecule has 0 bridgehead atoms. The van der Waals surface area contributed by atoms with E-state index in [1.54, 1.807) is 30.3 Å². The fraction of sp³-hybridized carbons (Fsp3) is 0.267. The van der Waals surface area contributed by atoms with E-state index in [2.05, 4.69) is 17.4 Å². The number of ether oxygens (including phenoxy) is 2. The van der Waals surface area contributed by atoms with Crippen molar-refractivity contribution in [1.82, 2.24) is 10.9 Å². The molecular weight excluding hydrogens is 504 g/mol. The summed E-state index contributed by atoms with van der Waals surface area (Å²) < 4.78 is 38.9. The van der Waals surface area contributed by atoms with E-state index in [-0.39, 0.29) is 19.6 Å². The number of hydrazine groups is 1. The second-order valence-corrected chi connectivity index (χ2v) is 9.10. The van der Waals surface area contributed by atoms with E-state index in [0.717, 1.165) is 11.6 Å². The van der Waals surface area contributed by atoms with E-state index in [9.17, 15) is 13.6 Å². The summed E-state index contributed by atoms with van der Waals surface area (Å²) in [4.78, 5) is 18.5. The maximum absolute atomic E-state index is 13.7. The molecule has 0 saturated carbocycles. The molecular formula is C30H31F2N3O4. The molecule has 0 aliphatic carbocycles. The number of carbonyl (C=O) groups is 1. The van der Waals surface area contributed by atoms with Crippen molar-refractivity contribution in [2.45, 2.75) is 30.9 Å². The van der Waals surface area contributed by atoms with Gasteiger partial charge in [-0.2, -0.15) is 0 Å². The predicted octanol–water partition coefficient (Wildman–Crippen LogP) is 4.42. The van der Waals surface area contributed by atoms with Crippen molar-refractivity contribution in [3.63, 3.8) is 0 Å². The van der Waals surface area contributed by atoms with Gasteiger partial charge in [-0.25, -0.2) is 19.2 Å². The molecule has 0 aromatic heterocycles. The first-order chi connectivity index (χ1) is 18.9. The highest BCUT2D eigenvalue weighted by Crippen LogP contribution is 2.42. The number of carbonyl (C=O) groups excluding carboxylic acids is 1. The highest BCUT2D eigenvalue weighted by molar-refractivity contribution is 6.01. The third kappa shape index (κ3) is 6.87. The Morgan fingerprint density at radius 3 is 2.49 bits per heavy atom. The molecule has 0 spiro atoms. The van der Waals surface area contributed by atoms with Crippen molar-refractivity contribution in [2.24, 2.45) is 4.99 Å². The zero-order valence-electron chi connectivity index (χ0n) is 21.4. The molecule has 39 heavy (non-hydrogen) atoms. The van der Waals surface area contributed by atoms with Gasteiger partial charge in [0.15, 0.2) is 11.6 Å². The molecule has 3 aromatic carbocycles. The summed E-state index contributed by atoms with van der Waals surface area (Å²) in [5.41, 5.74) is 6.11. The molecule has 0 saturated heterocycles. The van der Waals surface area contributed by atoms with Crippen molar-refractivity contribution >= 4 is 11.8 Å². The van der Waals surface area contributed by atoms with Crippen LogP contribution in [0.3, 0.4) is 0 Å². The van der Waals surface area contributed by atoms with Crippen LogP contribution in [-0.2, 0) is 16.0 Å². The van der Waals surface area contributed by atoms with Crippen LogP contribution in [0.2, 0.25) is 0 Å². The van der Waals surface area contributed by atoms with Gasteiger partial charge in [0.25, 0.3) is 5.91 Å². The van der Waals surface area contributed by atoms with Crippen LogP contribution in [0.25, 0.3) is 0 Å². The number of nitrogens with one attached hydrogen (secondary N) is 2. The van der Waals surface area contributed by atoms with Gasteiger partial charge in [0.05, 0.1) is 6.61 Å². The van der Waals surface area contributed by atoms with Crippen LogP contribution in [0.4, 0.5) is 8.78 Å². The maximum Gasteiger partial charge on any atom is 0.266 e. The Balaban J connectivity index is 1.54. The molecule has 9 heteroatoms. The van der Waals surface area contributed by atoms with Crippen LogP contribution in [-0.4, -0.2) is 42.2 Å². The van der Waals surface area contributed by atoms with E-state index >= 15 is 0 Å². The topological polar surface area (TPSA) is 92.2 Å². The van der Waals surface area contributed by atoms with Crippen LogP contribution >= 0.6 is 0 Å². The smallest absolute Gasteiger partial charge is 0.266 e. The second kappa shape index (κ2) is 13.1. The zero-order chi connectivity index (χ0) is 27.7. The van der Waals surface area contributed by atoms with Gasteiger partial charge in [-0.3, -0.25) is 10.2 Å². The Bertz CT molecular complexity index is 1280. The first kappa shape index (κ1) is 27.9. The number of aliphatic hydroxyl groups excluding tert-OH is 1. The summed E-state index contributed by atoms with van der Waals surface area (Å²) in [7, 11) is 0. The zero-order valence-corrected chi connectivity index (χ0v) is 21.4. The van der Waals surface area contributed by atoms with Crippen molar-refractivity contribution in [3.05, 3.63) is 114 Å². The van der Waals surface area contributed by atoms with E-state index in [0.29, 0.717) is 42.2 Å². The lowest BCUT2D eigenvalue weighted by atomic mass is 9.84. The number of rotatable bonds is 13. The predicted molar refractivity (Wildman–Crippen MR) is 144 cm³/mol. The third-order valence-corrected chi connectivity index (χ3v) is 6.25. The summed E-state index contributed by atoms with van der Waals surface area (Å²) in [5.74, 6) is -0.791. The van der Waals surface area contributed by atoms with Gasteiger partial charge < -0.3 is 14.6 Å². The highest BCUT2D eigenvalue weighted by atomic mass is 19.1. The van der Waals surface area contributed by atoms with Gasteiger partial charge in [-0.05, 0) is 53.9 Å². The lowest BCUT2D eigenvalue weighted by molar-refractivity contribution is -0.129. The number of nitrogens with zero attached hydrogens (tertiary/aromatic N) is 1. The van der Waals surface area contributed by atoms with Crippen LogP contribution in [0.5, 0.6) is 5.75 Å². The molecule has 1 amide bonds. The van der Waals surface area contributed by atoms with Crippen LogP contribution < -0.4 is 15.6 Å². The lowest BCUT2D eigenvalue weighted by Gasteiger charge is -2.29. The molecule has 0 radical (unpaired) electrons. The number of halogens is 2. The Morgan fingerprint density at radius 1 is 1.10 bits per heavy atom. The summed E-state index contributed by atoms with van der Waals surface area (Å²) in [6.07, 6.45) is 1.91. The maximum atomic E-state index is 13.7. The largest absolute Gasteiger partial charge is 0.494 e. The van der Waals surface area contributed by atoms with Crippen molar-refractivity contribution in [1.29, 1.82) is 0 Å². The number of aliphatic hydroxyl groups is 1. The highest BCUT2D eigenvalue weighted by Gasteiger charge is 2.52. The lowest BCUT2D eigenvalue weighted by Crippen LogP contribution is -2.52. The molecule has 7 nitrogen and oxygen atoms in total. The minimum atomic E-state index is -1.35. The van der Waals surface area contributed by atoms with E-state index in [1.165, 1.54) is 12.1 Å². The average Bonchev–Trinajstić information content (AvgIpc) is 3.32. The van der Waals surface area contributed by atoms with Gasteiger partial charge in [-0.15, -0.1) is 6.58 Å². The molecule has 2 atom stereocenters. The Hall–Kier alpha value is -4.08. The number of benzene rings is 3. The van der Waals surface area contributed by atoms with Crippen LogP contribution in [0, 0.1) is 11.6 Å². The fourth-order valence-electron chi connectivity index (χ4n) is 4.38. The Kier molecular flexibility index (Phi) is 9.40. The van der Waals surface area contributed by atoms with E-state index < -0.39 is 29.2 Å². The Labute approximate surface area is 226 Å². The molecule has 204 valence electrons.